The van der Waals surface area contributed by atoms with Crippen LogP contribution in [-0.4, -0.2) is 79.5 Å². The van der Waals surface area contributed by atoms with Gasteiger partial charge in [0.2, 0.25) is 5.91 Å². The van der Waals surface area contributed by atoms with Crippen molar-refractivity contribution in [2.24, 2.45) is 0 Å². The summed E-state index contributed by atoms with van der Waals surface area (Å²) >= 11 is 0. The molecule has 1 heterocycles. The quantitative estimate of drug-likeness (QED) is 0.173. The number of hydrogen-bond donors (Lipinski definition) is 4. The lowest BCUT2D eigenvalue weighted by Gasteiger charge is -2.30. The first-order chi connectivity index (χ1) is 19.5. The predicted octanol–water partition coefficient (Wildman–Crippen LogP) is 1.30. The zero-order valence-corrected chi connectivity index (χ0v) is 21.8. The Morgan fingerprint density at radius 2 is 1.85 bits per heavy atom. The first-order valence-electron chi connectivity index (χ1n) is 12.9. The average Bonchev–Trinajstić information content (AvgIpc) is 3.46. The highest BCUT2D eigenvalue weighted by molar-refractivity contribution is 5.96. The van der Waals surface area contributed by atoms with Gasteiger partial charge in [-0.15, -0.1) is 0 Å². The Hall–Kier alpha value is -4.03. The maximum Gasteiger partial charge on any atom is 0.339 e. The number of fused-ring (bicyclic) bond motifs is 1. The van der Waals surface area contributed by atoms with Gasteiger partial charge in [0.25, 0.3) is 5.91 Å². The lowest BCUT2D eigenvalue weighted by molar-refractivity contribution is -0.118. The van der Waals surface area contributed by atoms with E-state index < -0.39 is 24.3 Å². The van der Waals surface area contributed by atoms with Crippen molar-refractivity contribution in [1.82, 2.24) is 10.6 Å². The number of carbonyl (C=O) groups is 3. The molecule has 2 aliphatic rings. The van der Waals surface area contributed by atoms with Gasteiger partial charge >= 0.3 is 5.97 Å². The molecule has 2 amide bonds. The van der Waals surface area contributed by atoms with E-state index in [0.29, 0.717) is 22.3 Å². The molecule has 1 fully saturated rings. The van der Waals surface area contributed by atoms with Gasteiger partial charge in [-0.3, -0.25) is 9.59 Å². The molecule has 11 nitrogen and oxygen atoms in total. The summed E-state index contributed by atoms with van der Waals surface area (Å²) < 4.78 is 22.3. The van der Waals surface area contributed by atoms with E-state index in [0.717, 1.165) is 5.56 Å². The van der Waals surface area contributed by atoms with Gasteiger partial charge in [0.1, 0.15) is 31.7 Å². The van der Waals surface area contributed by atoms with Crippen molar-refractivity contribution in [3.63, 3.8) is 0 Å². The Bertz CT molecular complexity index is 1260. The highest BCUT2D eigenvalue weighted by atomic mass is 16.7. The van der Waals surface area contributed by atoms with Gasteiger partial charge in [-0.25, -0.2) is 4.79 Å². The van der Waals surface area contributed by atoms with Crippen LogP contribution in [0.15, 0.2) is 66.4 Å². The standard InChI is InChI=1S/C29H32N2O9/c32-10-9-30-27(34)21-6-3-4-19(14-21)17-31-28(35)22-15-24-26(39-18-38-24)25(16-22)40-29(36)23-7-2-1-5-20(23)8-12-37-13-11-33/h1-8,12,14-15,24-26,32-33H,9-11,13,16-18H2,(H,30,34)(H,31,35). The van der Waals surface area contributed by atoms with Gasteiger partial charge in [-0.05, 0) is 41.5 Å². The fourth-order valence-corrected chi connectivity index (χ4v) is 4.39. The number of aliphatic hydroxyl groups excluding tert-OH is 2. The number of aliphatic hydroxyl groups is 2. The first-order valence-corrected chi connectivity index (χ1v) is 12.9. The molecule has 0 spiro atoms. The molecule has 3 unspecified atom stereocenters. The van der Waals surface area contributed by atoms with Crippen LogP contribution in [-0.2, 0) is 30.3 Å². The van der Waals surface area contributed by atoms with E-state index in [-0.39, 0.29) is 57.9 Å². The van der Waals surface area contributed by atoms with E-state index >= 15 is 0 Å². The molecule has 0 saturated carbocycles. The fourth-order valence-electron chi connectivity index (χ4n) is 4.39. The van der Waals surface area contributed by atoms with Gasteiger partial charge in [-0.1, -0.05) is 30.3 Å². The Balaban J connectivity index is 1.40. The number of esters is 1. The van der Waals surface area contributed by atoms with Crippen LogP contribution in [0.5, 0.6) is 0 Å². The Morgan fingerprint density at radius 1 is 1.00 bits per heavy atom. The first kappa shape index (κ1) is 29.0. The summed E-state index contributed by atoms with van der Waals surface area (Å²) in [5, 5.41) is 23.2. The molecule has 4 rings (SSSR count). The maximum absolute atomic E-state index is 13.2. The molecular weight excluding hydrogens is 520 g/mol. The van der Waals surface area contributed by atoms with Crippen molar-refractivity contribution >= 4 is 23.9 Å². The van der Waals surface area contributed by atoms with E-state index in [1.54, 1.807) is 60.7 Å². The third kappa shape index (κ3) is 7.54. The summed E-state index contributed by atoms with van der Waals surface area (Å²) in [5.74, 6) is -1.25. The number of nitrogens with one attached hydrogen (secondary N) is 2. The molecular formula is C29H32N2O9. The molecule has 1 aliphatic carbocycles. The summed E-state index contributed by atoms with van der Waals surface area (Å²) in [4.78, 5) is 38.4. The number of benzene rings is 2. The van der Waals surface area contributed by atoms with E-state index in [2.05, 4.69) is 10.6 Å². The van der Waals surface area contributed by atoms with Crippen molar-refractivity contribution in [3.05, 3.63) is 88.7 Å². The molecule has 0 aromatic heterocycles. The molecule has 11 heteroatoms. The molecule has 2 aromatic carbocycles. The lowest BCUT2D eigenvalue weighted by Crippen LogP contribution is -2.43. The van der Waals surface area contributed by atoms with Crippen molar-refractivity contribution in [2.45, 2.75) is 31.3 Å². The van der Waals surface area contributed by atoms with Crippen LogP contribution in [0.25, 0.3) is 6.08 Å². The SMILES string of the molecule is O=C(NCc1cccc(C(=O)NCCO)c1)C1=CC2OCOC2C(OC(=O)c2ccccc2C=COCCO)C1. The smallest absolute Gasteiger partial charge is 0.339 e. The summed E-state index contributed by atoms with van der Waals surface area (Å²) in [6.07, 6.45) is 2.96. The molecule has 1 aliphatic heterocycles. The molecule has 0 radical (unpaired) electrons. The number of rotatable bonds is 12. The monoisotopic (exact) mass is 552 g/mol. The second kappa shape index (κ2) is 14.4. The summed E-state index contributed by atoms with van der Waals surface area (Å²) in [7, 11) is 0. The van der Waals surface area contributed by atoms with Gasteiger partial charge in [-0.2, -0.15) is 0 Å². The van der Waals surface area contributed by atoms with Crippen molar-refractivity contribution in [2.75, 3.05) is 33.2 Å². The Morgan fingerprint density at radius 3 is 2.67 bits per heavy atom. The van der Waals surface area contributed by atoms with Gasteiger partial charge in [0.15, 0.2) is 0 Å². The molecule has 3 atom stereocenters. The van der Waals surface area contributed by atoms with E-state index in [9.17, 15) is 14.4 Å². The highest BCUT2D eigenvalue weighted by Crippen LogP contribution is 2.31. The maximum atomic E-state index is 13.2. The molecule has 4 N–H and O–H groups in total. The Kier molecular flexibility index (Phi) is 10.4. The van der Waals surface area contributed by atoms with Crippen molar-refractivity contribution in [3.8, 4) is 0 Å². The van der Waals surface area contributed by atoms with E-state index in [4.69, 9.17) is 29.2 Å². The molecule has 212 valence electrons. The number of carbonyl (C=O) groups excluding carboxylic acids is 3. The largest absolute Gasteiger partial charge is 0.499 e. The summed E-state index contributed by atoms with van der Waals surface area (Å²) in [5.41, 5.74) is 2.41. The summed E-state index contributed by atoms with van der Waals surface area (Å²) in [6.45, 7) is 0.183. The van der Waals surface area contributed by atoms with E-state index in [1.165, 1.54) is 6.26 Å². The van der Waals surface area contributed by atoms with Gasteiger partial charge in [0.05, 0.1) is 25.0 Å². The van der Waals surface area contributed by atoms with Crippen LogP contribution in [0.4, 0.5) is 0 Å². The average molecular weight is 553 g/mol. The van der Waals surface area contributed by atoms with Gasteiger partial charge < -0.3 is 39.8 Å². The third-order valence-electron chi connectivity index (χ3n) is 6.32. The van der Waals surface area contributed by atoms with Crippen LogP contribution in [0.1, 0.15) is 38.3 Å². The minimum absolute atomic E-state index is 0.0153. The minimum atomic E-state index is -0.757. The molecule has 2 aromatic rings. The molecule has 1 saturated heterocycles. The van der Waals surface area contributed by atoms with Crippen LogP contribution >= 0.6 is 0 Å². The normalized spacial score (nSPS) is 19.9. The van der Waals surface area contributed by atoms with Crippen LogP contribution in [0.2, 0.25) is 0 Å². The molecule has 40 heavy (non-hydrogen) atoms. The van der Waals surface area contributed by atoms with Gasteiger partial charge in [0, 0.05) is 30.6 Å². The zero-order chi connectivity index (χ0) is 28.3. The zero-order valence-electron chi connectivity index (χ0n) is 21.8. The number of hydrogen-bond acceptors (Lipinski definition) is 9. The topological polar surface area (TPSA) is 153 Å². The van der Waals surface area contributed by atoms with Crippen molar-refractivity contribution < 1.29 is 43.5 Å². The molecule has 0 bridgehead atoms. The Labute approximate surface area is 231 Å². The highest BCUT2D eigenvalue weighted by Gasteiger charge is 2.42. The van der Waals surface area contributed by atoms with Crippen LogP contribution < -0.4 is 10.6 Å². The third-order valence-corrected chi connectivity index (χ3v) is 6.32. The van der Waals surface area contributed by atoms with Crippen LogP contribution in [0, 0.1) is 0 Å². The van der Waals surface area contributed by atoms with E-state index in [1.807, 2.05) is 0 Å². The number of ether oxygens (including phenoxy) is 4. The summed E-state index contributed by atoms with van der Waals surface area (Å²) in [6, 6.07) is 13.7. The second-order valence-corrected chi connectivity index (χ2v) is 9.07. The number of amides is 2. The fraction of sp³-hybridized carbons (Fsp3) is 0.345. The van der Waals surface area contributed by atoms with Crippen LogP contribution in [0.3, 0.4) is 0 Å². The predicted molar refractivity (Wildman–Crippen MR) is 143 cm³/mol. The van der Waals surface area contributed by atoms with Crippen molar-refractivity contribution in [1.29, 1.82) is 0 Å². The minimum Gasteiger partial charge on any atom is -0.499 e. The second-order valence-electron chi connectivity index (χ2n) is 9.07. The lowest BCUT2D eigenvalue weighted by atomic mass is 9.91.